The minimum atomic E-state index is -4.02. The number of aromatic amines is 1. The Hall–Kier alpha value is -2.25. The zero-order valence-electron chi connectivity index (χ0n) is 10.7. The van der Waals surface area contributed by atoms with Gasteiger partial charge in [-0.05, 0) is 25.1 Å². The molecule has 20 heavy (non-hydrogen) atoms. The molecule has 7 heteroatoms. The number of rotatable bonds is 1. The van der Waals surface area contributed by atoms with Gasteiger partial charge in [0.15, 0.2) is 0 Å². The summed E-state index contributed by atoms with van der Waals surface area (Å²) in [7, 11) is -4.02. The molecule has 1 aromatic carbocycles. The first-order valence-corrected chi connectivity index (χ1v) is 7.18. The van der Waals surface area contributed by atoms with Crippen molar-refractivity contribution < 1.29 is 13.0 Å². The van der Waals surface area contributed by atoms with Crippen LogP contribution in [0.4, 0.5) is 0 Å². The van der Waals surface area contributed by atoms with E-state index in [0.29, 0.717) is 0 Å². The normalized spacial score (nSPS) is 10.9. The number of benzene rings is 1. The molecule has 0 aliphatic rings. The molecule has 104 valence electrons. The maximum absolute atomic E-state index is 10.5. The first kappa shape index (κ1) is 14.2. The molecule has 6 nitrogen and oxygen atoms in total. The van der Waals surface area contributed by atoms with Crippen LogP contribution in [-0.2, 0) is 10.1 Å². The first-order chi connectivity index (χ1) is 9.47. The third-order valence-electron chi connectivity index (χ3n) is 2.54. The number of H-pyrrole nitrogens is 1. The maximum atomic E-state index is 10.5. The quantitative estimate of drug-likeness (QED) is 0.670. The number of nitrogens with one attached hydrogen (secondary N) is 1. The van der Waals surface area contributed by atoms with Crippen LogP contribution in [0.15, 0.2) is 53.9 Å². The van der Waals surface area contributed by atoms with Gasteiger partial charge < -0.3 is 4.98 Å². The van der Waals surface area contributed by atoms with Gasteiger partial charge >= 0.3 is 0 Å². The van der Waals surface area contributed by atoms with Crippen molar-refractivity contribution in [1.82, 2.24) is 15.0 Å². The van der Waals surface area contributed by atoms with Crippen LogP contribution >= 0.6 is 0 Å². The molecule has 0 spiro atoms. The van der Waals surface area contributed by atoms with E-state index >= 15 is 0 Å². The van der Waals surface area contributed by atoms with E-state index < -0.39 is 10.1 Å². The highest BCUT2D eigenvalue weighted by atomic mass is 32.2. The predicted molar refractivity (Wildman–Crippen MR) is 74.9 cm³/mol. The van der Waals surface area contributed by atoms with Crippen LogP contribution in [0, 0.1) is 6.92 Å². The summed E-state index contributed by atoms with van der Waals surface area (Å²) in [5.41, 5.74) is 1.85. The molecule has 0 amide bonds. The van der Waals surface area contributed by atoms with Gasteiger partial charge in [0.25, 0.3) is 10.1 Å². The SMILES string of the molecule is Cc1ccc(S(=O)(=O)O)cc1.c1ncc2cc[nH]c2n1. The molecule has 2 N–H and O–H groups in total. The number of aryl methyl sites for hydroxylation is 1. The molecule has 0 aliphatic carbocycles. The van der Waals surface area contributed by atoms with Crippen molar-refractivity contribution in [2.75, 3.05) is 0 Å². The zero-order valence-corrected chi connectivity index (χ0v) is 11.5. The van der Waals surface area contributed by atoms with Crippen LogP contribution in [0.5, 0.6) is 0 Å². The topological polar surface area (TPSA) is 95.9 Å². The van der Waals surface area contributed by atoms with E-state index in [1.54, 1.807) is 18.3 Å². The summed E-state index contributed by atoms with van der Waals surface area (Å²) in [6.45, 7) is 1.84. The maximum Gasteiger partial charge on any atom is 0.294 e. The Balaban J connectivity index is 0.000000149. The Morgan fingerprint density at radius 3 is 2.45 bits per heavy atom. The summed E-state index contributed by atoms with van der Waals surface area (Å²) in [5.74, 6) is 0. The monoisotopic (exact) mass is 291 g/mol. The van der Waals surface area contributed by atoms with Crippen molar-refractivity contribution in [1.29, 1.82) is 0 Å². The Morgan fingerprint density at radius 1 is 1.15 bits per heavy atom. The molecule has 3 rings (SSSR count). The predicted octanol–water partition coefficient (Wildman–Crippen LogP) is 2.20. The van der Waals surface area contributed by atoms with Gasteiger partial charge in [-0.25, -0.2) is 9.97 Å². The van der Waals surface area contributed by atoms with E-state index in [4.69, 9.17) is 4.55 Å². The smallest absolute Gasteiger partial charge is 0.294 e. The van der Waals surface area contributed by atoms with Gasteiger partial charge in [0.1, 0.15) is 12.0 Å². The van der Waals surface area contributed by atoms with E-state index in [0.717, 1.165) is 16.6 Å². The lowest BCUT2D eigenvalue weighted by Crippen LogP contribution is -1.96. The second-order valence-electron chi connectivity index (χ2n) is 4.09. The average molecular weight is 291 g/mol. The lowest BCUT2D eigenvalue weighted by Gasteiger charge is -1.95. The minimum absolute atomic E-state index is 0.0666. The summed E-state index contributed by atoms with van der Waals surface area (Å²) in [6, 6.07) is 7.93. The second-order valence-corrected chi connectivity index (χ2v) is 5.51. The lowest BCUT2D eigenvalue weighted by atomic mass is 10.2. The molecule has 0 saturated heterocycles. The van der Waals surface area contributed by atoms with Crippen molar-refractivity contribution in [2.45, 2.75) is 11.8 Å². The molecule has 2 heterocycles. The minimum Gasteiger partial charge on any atom is -0.346 e. The number of fused-ring (bicyclic) bond motifs is 1. The Bertz CT molecular complexity index is 765. The summed E-state index contributed by atoms with van der Waals surface area (Å²) in [5, 5.41) is 1.05. The molecule has 0 aliphatic heterocycles. The molecule has 2 aromatic heterocycles. The van der Waals surface area contributed by atoms with Crippen molar-refractivity contribution in [3.05, 3.63) is 54.6 Å². The lowest BCUT2D eigenvalue weighted by molar-refractivity contribution is 0.483. The van der Waals surface area contributed by atoms with Crippen molar-refractivity contribution in [3.8, 4) is 0 Å². The zero-order chi connectivity index (χ0) is 14.6. The molecule has 0 unspecified atom stereocenters. The average Bonchev–Trinajstić information content (AvgIpc) is 2.87. The van der Waals surface area contributed by atoms with E-state index in [-0.39, 0.29) is 4.90 Å². The van der Waals surface area contributed by atoms with Crippen molar-refractivity contribution in [3.63, 3.8) is 0 Å². The second kappa shape index (κ2) is 5.81. The van der Waals surface area contributed by atoms with Gasteiger partial charge in [-0.1, -0.05) is 17.7 Å². The van der Waals surface area contributed by atoms with Crippen molar-refractivity contribution in [2.24, 2.45) is 0 Å². The van der Waals surface area contributed by atoms with Crippen molar-refractivity contribution >= 4 is 21.2 Å². The van der Waals surface area contributed by atoms with Crippen LogP contribution in [0.2, 0.25) is 0 Å². The van der Waals surface area contributed by atoms with Crippen LogP contribution in [-0.4, -0.2) is 27.9 Å². The third-order valence-corrected chi connectivity index (χ3v) is 3.41. The highest BCUT2D eigenvalue weighted by Gasteiger charge is 2.06. The molecular formula is C13H13N3O3S. The summed E-state index contributed by atoms with van der Waals surface area (Å²) in [4.78, 5) is 10.7. The van der Waals surface area contributed by atoms with Gasteiger partial charge in [0.05, 0.1) is 4.90 Å². The Labute approximate surface area is 116 Å². The van der Waals surface area contributed by atoms with E-state index in [9.17, 15) is 8.42 Å². The van der Waals surface area contributed by atoms with Gasteiger partial charge in [-0.15, -0.1) is 0 Å². The molecule has 0 bridgehead atoms. The van der Waals surface area contributed by atoms with Crippen LogP contribution in [0.25, 0.3) is 11.0 Å². The number of aromatic nitrogens is 3. The number of hydrogen-bond acceptors (Lipinski definition) is 4. The summed E-state index contributed by atoms with van der Waals surface area (Å²) >= 11 is 0. The number of nitrogens with zero attached hydrogens (tertiary/aromatic N) is 2. The molecular weight excluding hydrogens is 278 g/mol. The fourth-order valence-electron chi connectivity index (χ4n) is 1.50. The van der Waals surface area contributed by atoms with Gasteiger partial charge in [-0.2, -0.15) is 8.42 Å². The molecule has 3 aromatic rings. The highest BCUT2D eigenvalue weighted by Crippen LogP contribution is 2.08. The molecule has 0 radical (unpaired) electrons. The highest BCUT2D eigenvalue weighted by molar-refractivity contribution is 7.85. The first-order valence-electron chi connectivity index (χ1n) is 5.74. The van der Waals surface area contributed by atoms with E-state index in [2.05, 4.69) is 15.0 Å². The summed E-state index contributed by atoms with van der Waals surface area (Å²) < 4.78 is 29.6. The third kappa shape index (κ3) is 3.62. The Kier molecular flexibility index (Phi) is 4.11. The van der Waals surface area contributed by atoms with Gasteiger partial charge in [0.2, 0.25) is 0 Å². The van der Waals surface area contributed by atoms with Crippen LogP contribution in [0.1, 0.15) is 5.56 Å². The molecule has 0 atom stereocenters. The molecule has 0 saturated carbocycles. The fraction of sp³-hybridized carbons (Fsp3) is 0.0769. The van der Waals surface area contributed by atoms with E-state index in [1.165, 1.54) is 18.5 Å². The molecule has 0 fully saturated rings. The largest absolute Gasteiger partial charge is 0.346 e. The van der Waals surface area contributed by atoms with Crippen LogP contribution < -0.4 is 0 Å². The van der Waals surface area contributed by atoms with Crippen LogP contribution in [0.3, 0.4) is 0 Å². The van der Waals surface area contributed by atoms with Gasteiger partial charge in [-0.3, -0.25) is 4.55 Å². The number of hydrogen-bond donors (Lipinski definition) is 2. The Morgan fingerprint density at radius 2 is 1.85 bits per heavy atom. The van der Waals surface area contributed by atoms with Gasteiger partial charge in [0, 0.05) is 17.8 Å². The standard InChI is InChI=1S/C7H8O3S.C6H5N3/c1-6-2-4-7(5-3-6)11(8,9)10;1-2-8-6-5(1)3-7-4-9-6/h2-5H,1H3,(H,8,9,10);1-4H,(H,7,8,9). The van der Waals surface area contributed by atoms with E-state index in [1.807, 2.05) is 19.2 Å². The fourth-order valence-corrected chi connectivity index (χ4v) is 1.98. The summed E-state index contributed by atoms with van der Waals surface area (Å²) in [6.07, 6.45) is 5.15.